The summed E-state index contributed by atoms with van der Waals surface area (Å²) in [5.74, 6) is -1.23. The van der Waals surface area contributed by atoms with Crippen LogP contribution in [0.1, 0.15) is 41.2 Å². The first-order valence-electron chi connectivity index (χ1n) is 10.3. The van der Waals surface area contributed by atoms with E-state index in [-0.39, 0.29) is 5.82 Å². The lowest BCUT2D eigenvalue weighted by Gasteiger charge is -2.18. The van der Waals surface area contributed by atoms with E-state index in [0.717, 1.165) is 61.7 Å². The number of carboxylic acids is 1. The largest absolute Gasteiger partial charge is 0.478 e. The zero-order valence-electron chi connectivity index (χ0n) is 17.8. The molecule has 0 radical (unpaired) electrons. The minimum Gasteiger partial charge on any atom is -0.478 e. The Kier molecular flexibility index (Phi) is 6.28. The molecule has 1 N–H and O–H groups in total. The Morgan fingerprint density at radius 1 is 1.06 bits per heavy atom. The van der Waals surface area contributed by atoms with Crippen LogP contribution in [0.5, 0.6) is 0 Å². The molecule has 3 aromatic carbocycles. The van der Waals surface area contributed by atoms with Gasteiger partial charge in [-0.05, 0) is 82.6 Å². The second-order valence-electron chi connectivity index (χ2n) is 7.49. The topological polar surface area (TPSA) is 50.2 Å². The van der Waals surface area contributed by atoms with Gasteiger partial charge in [0.05, 0.1) is 15.7 Å². The summed E-state index contributed by atoms with van der Waals surface area (Å²) in [6, 6.07) is 19.0. The fourth-order valence-corrected chi connectivity index (χ4v) is 4.58. The summed E-state index contributed by atoms with van der Waals surface area (Å²) < 4.78 is 14.9. The van der Waals surface area contributed by atoms with Gasteiger partial charge >= 0.3 is 5.97 Å². The SMILES string of the molecule is CC/C(=C(/c1ccc(/C=C/C(=O)O)cc1)c1ccc2scnc2c1)c1ccc(F)cc1C. The Hall–Kier alpha value is -3.57. The molecule has 1 heterocycles. The van der Waals surface area contributed by atoms with Crippen molar-refractivity contribution < 1.29 is 14.3 Å². The Morgan fingerprint density at radius 3 is 2.50 bits per heavy atom. The van der Waals surface area contributed by atoms with Crippen LogP contribution >= 0.6 is 11.3 Å². The highest BCUT2D eigenvalue weighted by molar-refractivity contribution is 7.16. The van der Waals surface area contributed by atoms with E-state index in [1.807, 2.05) is 42.8 Å². The number of allylic oxidation sites excluding steroid dienone is 1. The fourth-order valence-electron chi connectivity index (χ4n) is 3.92. The van der Waals surface area contributed by atoms with Crippen molar-refractivity contribution in [2.75, 3.05) is 0 Å². The van der Waals surface area contributed by atoms with Gasteiger partial charge in [0.25, 0.3) is 0 Å². The molecule has 0 spiro atoms. The van der Waals surface area contributed by atoms with Gasteiger partial charge in [-0.2, -0.15) is 0 Å². The molecule has 0 amide bonds. The number of aromatic nitrogens is 1. The fraction of sp³-hybridized carbons (Fsp3) is 0.111. The lowest BCUT2D eigenvalue weighted by Crippen LogP contribution is -1.98. The lowest BCUT2D eigenvalue weighted by atomic mass is 9.86. The highest BCUT2D eigenvalue weighted by atomic mass is 32.1. The van der Waals surface area contributed by atoms with Gasteiger partial charge in [0.2, 0.25) is 0 Å². The quantitative estimate of drug-likeness (QED) is 0.253. The summed E-state index contributed by atoms with van der Waals surface area (Å²) in [6.07, 6.45) is 3.46. The van der Waals surface area contributed by atoms with Crippen molar-refractivity contribution in [2.45, 2.75) is 20.3 Å². The molecule has 160 valence electrons. The van der Waals surface area contributed by atoms with Gasteiger partial charge in [-0.25, -0.2) is 14.2 Å². The number of aryl methyl sites for hydroxylation is 1. The number of hydrogen-bond donors (Lipinski definition) is 1. The molecule has 0 saturated heterocycles. The first kappa shape index (κ1) is 21.7. The standard InChI is InChI=1S/C27H22FNO2S/c1-3-22(23-11-10-21(28)14-17(23)2)27(20-9-12-25-24(15-20)29-16-32-25)19-7-4-18(5-8-19)6-13-26(30)31/h4-16H,3H2,1-2H3,(H,30,31)/b13-6+,27-22+. The third kappa shape index (κ3) is 4.53. The molecule has 0 unspecified atom stereocenters. The Bertz CT molecular complexity index is 1350. The molecule has 0 aliphatic heterocycles. The summed E-state index contributed by atoms with van der Waals surface area (Å²) in [5.41, 5.74) is 9.71. The zero-order valence-corrected chi connectivity index (χ0v) is 18.6. The first-order chi connectivity index (χ1) is 15.5. The molecular weight excluding hydrogens is 421 g/mol. The highest BCUT2D eigenvalue weighted by Gasteiger charge is 2.16. The van der Waals surface area contributed by atoms with Gasteiger partial charge < -0.3 is 5.11 Å². The maximum absolute atomic E-state index is 13.8. The van der Waals surface area contributed by atoms with E-state index in [9.17, 15) is 9.18 Å². The molecule has 3 nitrogen and oxygen atoms in total. The molecule has 0 aliphatic rings. The molecule has 0 saturated carbocycles. The van der Waals surface area contributed by atoms with Crippen molar-refractivity contribution >= 4 is 44.7 Å². The maximum atomic E-state index is 13.8. The Labute approximate surface area is 190 Å². The van der Waals surface area contributed by atoms with Crippen LogP contribution in [0.15, 0.2) is 72.3 Å². The van der Waals surface area contributed by atoms with Gasteiger partial charge in [-0.15, -0.1) is 11.3 Å². The minimum atomic E-state index is -0.980. The number of nitrogens with zero attached hydrogens (tertiary/aromatic N) is 1. The van der Waals surface area contributed by atoms with Gasteiger partial charge in [0.1, 0.15) is 5.82 Å². The number of carboxylic acid groups (broad SMARTS) is 1. The second-order valence-corrected chi connectivity index (χ2v) is 8.38. The van der Waals surface area contributed by atoms with Crippen molar-refractivity contribution in [2.24, 2.45) is 0 Å². The number of thiazole rings is 1. The lowest BCUT2D eigenvalue weighted by molar-refractivity contribution is -0.131. The predicted molar refractivity (Wildman–Crippen MR) is 130 cm³/mol. The van der Waals surface area contributed by atoms with E-state index < -0.39 is 5.97 Å². The molecule has 0 bridgehead atoms. The minimum absolute atomic E-state index is 0.248. The van der Waals surface area contributed by atoms with Crippen LogP contribution in [-0.2, 0) is 4.79 Å². The van der Waals surface area contributed by atoms with E-state index in [0.29, 0.717) is 0 Å². The maximum Gasteiger partial charge on any atom is 0.328 e. The number of fused-ring (bicyclic) bond motifs is 1. The summed E-state index contributed by atoms with van der Waals surface area (Å²) in [6.45, 7) is 4.03. The third-order valence-corrected chi connectivity index (χ3v) is 6.22. The average molecular weight is 444 g/mol. The van der Waals surface area contributed by atoms with Gasteiger partial charge in [0.15, 0.2) is 0 Å². The van der Waals surface area contributed by atoms with Crippen LogP contribution in [0.25, 0.3) is 27.4 Å². The molecular formula is C27H22FNO2S. The predicted octanol–water partition coefficient (Wildman–Crippen LogP) is 7.21. The Morgan fingerprint density at radius 2 is 1.81 bits per heavy atom. The van der Waals surface area contributed by atoms with Crippen LogP contribution in [0.4, 0.5) is 4.39 Å². The van der Waals surface area contributed by atoms with E-state index in [2.05, 4.69) is 30.1 Å². The normalized spacial score (nSPS) is 12.3. The zero-order chi connectivity index (χ0) is 22.7. The second kappa shape index (κ2) is 9.28. The van der Waals surface area contributed by atoms with Crippen LogP contribution in [-0.4, -0.2) is 16.1 Å². The molecule has 5 heteroatoms. The van der Waals surface area contributed by atoms with Gasteiger partial charge in [-0.1, -0.05) is 43.3 Å². The van der Waals surface area contributed by atoms with E-state index >= 15 is 0 Å². The molecule has 32 heavy (non-hydrogen) atoms. The van der Waals surface area contributed by atoms with E-state index in [1.54, 1.807) is 23.5 Å². The number of halogens is 1. The smallest absolute Gasteiger partial charge is 0.328 e. The molecule has 0 fully saturated rings. The van der Waals surface area contributed by atoms with Gasteiger partial charge in [0, 0.05) is 6.08 Å². The van der Waals surface area contributed by atoms with Crippen molar-refractivity contribution in [3.8, 4) is 0 Å². The van der Waals surface area contributed by atoms with E-state index in [4.69, 9.17) is 5.11 Å². The van der Waals surface area contributed by atoms with Crippen molar-refractivity contribution in [1.82, 2.24) is 4.98 Å². The molecule has 4 rings (SSSR count). The number of hydrogen-bond acceptors (Lipinski definition) is 3. The van der Waals surface area contributed by atoms with Crippen LogP contribution in [0.2, 0.25) is 0 Å². The van der Waals surface area contributed by atoms with Gasteiger partial charge in [-0.3, -0.25) is 0 Å². The van der Waals surface area contributed by atoms with Crippen LogP contribution < -0.4 is 0 Å². The summed E-state index contributed by atoms with van der Waals surface area (Å²) in [7, 11) is 0. The monoisotopic (exact) mass is 443 g/mol. The molecule has 0 atom stereocenters. The highest BCUT2D eigenvalue weighted by Crippen LogP contribution is 2.37. The number of aliphatic carboxylic acids is 1. The Balaban J connectivity index is 1.93. The number of rotatable bonds is 6. The summed E-state index contributed by atoms with van der Waals surface area (Å²) in [5, 5.41) is 8.89. The van der Waals surface area contributed by atoms with Crippen LogP contribution in [0, 0.1) is 12.7 Å². The third-order valence-electron chi connectivity index (χ3n) is 5.41. The number of benzene rings is 3. The van der Waals surface area contributed by atoms with Crippen molar-refractivity contribution in [1.29, 1.82) is 0 Å². The van der Waals surface area contributed by atoms with Crippen molar-refractivity contribution in [3.05, 3.63) is 106 Å². The van der Waals surface area contributed by atoms with Crippen molar-refractivity contribution in [3.63, 3.8) is 0 Å². The molecule has 4 aromatic rings. The summed E-state index contributed by atoms with van der Waals surface area (Å²) in [4.78, 5) is 15.3. The number of carbonyl (C=O) groups is 1. The van der Waals surface area contributed by atoms with E-state index in [1.165, 1.54) is 6.07 Å². The first-order valence-corrected chi connectivity index (χ1v) is 11.2. The summed E-state index contributed by atoms with van der Waals surface area (Å²) >= 11 is 1.60. The molecule has 1 aromatic heterocycles. The average Bonchev–Trinajstić information content (AvgIpc) is 3.25. The van der Waals surface area contributed by atoms with Crippen LogP contribution in [0.3, 0.4) is 0 Å². The molecule has 0 aliphatic carbocycles.